The van der Waals surface area contributed by atoms with Crippen molar-refractivity contribution in [2.45, 2.75) is 19.4 Å². The molecule has 0 bridgehead atoms. The second kappa shape index (κ2) is 4.95. The summed E-state index contributed by atoms with van der Waals surface area (Å²) in [6.45, 7) is 2.04. The van der Waals surface area contributed by atoms with Crippen molar-refractivity contribution in [3.05, 3.63) is 60.2 Å². The van der Waals surface area contributed by atoms with Gasteiger partial charge in [0, 0.05) is 6.04 Å². The first-order valence-corrected chi connectivity index (χ1v) is 5.66. The molecule has 0 saturated heterocycles. The van der Waals surface area contributed by atoms with Crippen LogP contribution in [0.4, 0.5) is 0 Å². The fraction of sp³-hybridized carbons (Fsp3) is 0.200. The predicted molar refractivity (Wildman–Crippen MR) is 69.2 cm³/mol. The third kappa shape index (κ3) is 2.50. The molecule has 0 heterocycles. The van der Waals surface area contributed by atoms with Gasteiger partial charge in [0.2, 0.25) is 0 Å². The van der Waals surface area contributed by atoms with Crippen molar-refractivity contribution in [2.75, 3.05) is 0 Å². The summed E-state index contributed by atoms with van der Waals surface area (Å²) in [6, 6.07) is 19.1. The lowest BCUT2D eigenvalue weighted by Crippen LogP contribution is -2.18. The molecular formula is C15H17N. The van der Waals surface area contributed by atoms with Crippen molar-refractivity contribution in [3.63, 3.8) is 0 Å². The topological polar surface area (TPSA) is 26.0 Å². The monoisotopic (exact) mass is 211 g/mol. The van der Waals surface area contributed by atoms with Gasteiger partial charge in [0.05, 0.1) is 0 Å². The number of hydrogen-bond donors (Lipinski definition) is 1. The molecule has 0 spiro atoms. The Morgan fingerprint density at radius 3 is 2.25 bits per heavy atom. The average molecular weight is 211 g/mol. The van der Waals surface area contributed by atoms with Gasteiger partial charge in [0.15, 0.2) is 0 Å². The van der Waals surface area contributed by atoms with Gasteiger partial charge in [-0.1, -0.05) is 54.6 Å². The summed E-state index contributed by atoms with van der Waals surface area (Å²) in [4.78, 5) is 0. The van der Waals surface area contributed by atoms with Crippen LogP contribution in [0.15, 0.2) is 54.6 Å². The first-order chi connectivity index (χ1) is 7.77. The molecule has 2 rings (SSSR count). The van der Waals surface area contributed by atoms with E-state index < -0.39 is 0 Å². The molecule has 82 valence electrons. The summed E-state index contributed by atoms with van der Waals surface area (Å²) in [5.74, 6) is 0. The van der Waals surface area contributed by atoms with Gasteiger partial charge in [-0.2, -0.15) is 0 Å². The van der Waals surface area contributed by atoms with Gasteiger partial charge in [-0.15, -0.1) is 0 Å². The SMILES string of the molecule is C[C@H](N)Cc1ccccc1-c1ccccc1. The van der Waals surface area contributed by atoms with E-state index in [0.29, 0.717) is 0 Å². The first-order valence-electron chi connectivity index (χ1n) is 5.66. The van der Waals surface area contributed by atoms with Gasteiger partial charge in [0.1, 0.15) is 0 Å². The number of nitrogens with two attached hydrogens (primary N) is 1. The lowest BCUT2D eigenvalue weighted by atomic mass is 9.96. The van der Waals surface area contributed by atoms with Crippen LogP contribution in [0.1, 0.15) is 12.5 Å². The smallest absolute Gasteiger partial charge is 0.00511 e. The summed E-state index contributed by atoms with van der Waals surface area (Å²) in [6.07, 6.45) is 0.922. The summed E-state index contributed by atoms with van der Waals surface area (Å²) in [5, 5.41) is 0. The maximum Gasteiger partial charge on any atom is 0.00511 e. The predicted octanol–water partition coefficient (Wildman–Crippen LogP) is 3.24. The molecule has 1 atom stereocenters. The Hall–Kier alpha value is -1.60. The van der Waals surface area contributed by atoms with E-state index in [1.165, 1.54) is 16.7 Å². The highest BCUT2D eigenvalue weighted by atomic mass is 14.6. The van der Waals surface area contributed by atoms with Gasteiger partial charge >= 0.3 is 0 Å². The van der Waals surface area contributed by atoms with Gasteiger partial charge in [-0.25, -0.2) is 0 Å². The Balaban J connectivity index is 2.41. The Morgan fingerprint density at radius 2 is 1.56 bits per heavy atom. The summed E-state index contributed by atoms with van der Waals surface area (Å²) >= 11 is 0. The average Bonchev–Trinajstić information content (AvgIpc) is 2.30. The third-order valence-electron chi connectivity index (χ3n) is 2.64. The maximum absolute atomic E-state index is 5.87. The van der Waals surface area contributed by atoms with Crippen LogP contribution in [0, 0.1) is 0 Å². The van der Waals surface area contributed by atoms with Gasteiger partial charge in [-0.3, -0.25) is 0 Å². The number of benzene rings is 2. The Labute approximate surface area is 96.9 Å². The quantitative estimate of drug-likeness (QED) is 0.828. The highest BCUT2D eigenvalue weighted by molar-refractivity contribution is 5.67. The van der Waals surface area contributed by atoms with Gasteiger partial charge in [0.25, 0.3) is 0 Å². The minimum Gasteiger partial charge on any atom is -0.328 e. The van der Waals surface area contributed by atoms with Crippen LogP contribution in [0.25, 0.3) is 11.1 Å². The van der Waals surface area contributed by atoms with Crippen molar-refractivity contribution >= 4 is 0 Å². The maximum atomic E-state index is 5.87. The zero-order chi connectivity index (χ0) is 11.4. The molecule has 0 aromatic heterocycles. The van der Waals surface area contributed by atoms with Gasteiger partial charge < -0.3 is 5.73 Å². The van der Waals surface area contributed by atoms with Crippen molar-refractivity contribution in [1.82, 2.24) is 0 Å². The highest BCUT2D eigenvalue weighted by Gasteiger charge is 2.05. The fourth-order valence-corrected chi connectivity index (χ4v) is 1.94. The van der Waals surface area contributed by atoms with Crippen LogP contribution in [0.3, 0.4) is 0 Å². The molecule has 0 aliphatic rings. The molecular weight excluding hydrogens is 194 g/mol. The van der Waals surface area contributed by atoms with E-state index in [4.69, 9.17) is 5.73 Å². The van der Waals surface area contributed by atoms with Crippen molar-refractivity contribution in [2.24, 2.45) is 5.73 Å². The first kappa shape index (κ1) is 10.9. The van der Waals surface area contributed by atoms with Crippen LogP contribution in [-0.2, 0) is 6.42 Å². The van der Waals surface area contributed by atoms with Crippen LogP contribution in [0.5, 0.6) is 0 Å². The third-order valence-corrected chi connectivity index (χ3v) is 2.64. The van der Waals surface area contributed by atoms with Crippen molar-refractivity contribution in [3.8, 4) is 11.1 Å². The normalized spacial score (nSPS) is 12.4. The zero-order valence-corrected chi connectivity index (χ0v) is 9.56. The summed E-state index contributed by atoms with van der Waals surface area (Å²) < 4.78 is 0. The molecule has 1 heteroatoms. The van der Waals surface area contributed by atoms with Crippen molar-refractivity contribution in [1.29, 1.82) is 0 Å². The Morgan fingerprint density at radius 1 is 0.938 bits per heavy atom. The van der Waals surface area contributed by atoms with E-state index in [1.807, 2.05) is 13.0 Å². The van der Waals surface area contributed by atoms with E-state index in [-0.39, 0.29) is 6.04 Å². The molecule has 1 nitrogen and oxygen atoms in total. The van der Waals surface area contributed by atoms with E-state index >= 15 is 0 Å². The lowest BCUT2D eigenvalue weighted by Gasteiger charge is -2.11. The summed E-state index contributed by atoms with van der Waals surface area (Å²) in [5.41, 5.74) is 9.75. The molecule has 2 N–H and O–H groups in total. The van der Waals surface area contributed by atoms with Crippen LogP contribution < -0.4 is 5.73 Å². The van der Waals surface area contributed by atoms with E-state index in [1.54, 1.807) is 0 Å². The molecule has 0 unspecified atom stereocenters. The van der Waals surface area contributed by atoms with Crippen LogP contribution >= 0.6 is 0 Å². The molecule has 0 amide bonds. The molecule has 2 aromatic rings. The molecule has 0 aliphatic heterocycles. The van der Waals surface area contributed by atoms with Gasteiger partial charge in [-0.05, 0) is 30.0 Å². The minimum atomic E-state index is 0.199. The minimum absolute atomic E-state index is 0.199. The Bertz CT molecular complexity index is 446. The molecule has 16 heavy (non-hydrogen) atoms. The molecule has 0 aliphatic carbocycles. The number of rotatable bonds is 3. The molecule has 0 radical (unpaired) electrons. The zero-order valence-electron chi connectivity index (χ0n) is 9.56. The number of hydrogen-bond acceptors (Lipinski definition) is 1. The second-order valence-corrected chi connectivity index (χ2v) is 4.20. The summed E-state index contributed by atoms with van der Waals surface area (Å²) in [7, 11) is 0. The largest absolute Gasteiger partial charge is 0.328 e. The second-order valence-electron chi connectivity index (χ2n) is 4.20. The molecule has 0 saturated carbocycles. The molecule has 0 fully saturated rings. The van der Waals surface area contributed by atoms with Crippen molar-refractivity contribution < 1.29 is 0 Å². The lowest BCUT2D eigenvalue weighted by molar-refractivity contribution is 0.739. The fourth-order valence-electron chi connectivity index (χ4n) is 1.94. The highest BCUT2D eigenvalue weighted by Crippen LogP contribution is 2.23. The standard InChI is InChI=1S/C15H17N/c1-12(16)11-14-9-5-6-10-15(14)13-7-3-2-4-8-13/h2-10,12H,11,16H2,1H3/t12-/m0/s1. The van der Waals surface area contributed by atoms with E-state index in [9.17, 15) is 0 Å². The van der Waals surface area contributed by atoms with Crippen LogP contribution in [-0.4, -0.2) is 6.04 Å². The van der Waals surface area contributed by atoms with E-state index in [2.05, 4.69) is 48.5 Å². The molecule has 2 aromatic carbocycles. The van der Waals surface area contributed by atoms with E-state index in [0.717, 1.165) is 6.42 Å². The Kier molecular flexibility index (Phi) is 3.37. The van der Waals surface area contributed by atoms with Crippen LogP contribution in [0.2, 0.25) is 0 Å².